The highest BCUT2D eigenvalue weighted by molar-refractivity contribution is 5.83. The lowest BCUT2D eigenvalue weighted by atomic mass is 9.86. The van der Waals surface area contributed by atoms with Crippen molar-refractivity contribution in [3.05, 3.63) is 35.4 Å². The van der Waals surface area contributed by atoms with Crippen LogP contribution in [0.5, 0.6) is 0 Å². The number of carbonyl (C=O) groups is 1. The lowest BCUT2D eigenvalue weighted by Gasteiger charge is -2.19. The molecule has 0 radical (unpaired) electrons. The molecule has 1 saturated carbocycles. The Balaban J connectivity index is 1.95. The number of benzene rings is 1. The van der Waals surface area contributed by atoms with Crippen molar-refractivity contribution in [2.45, 2.75) is 65.2 Å². The smallest absolute Gasteiger partial charge is 0.140 e. The number of hydrogen-bond donors (Lipinski definition) is 0. The first-order chi connectivity index (χ1) is 9.40. The first-order valence-electron chi connectivity index (χ1n) is 8.02. The van der Waals surface area contributed by atoms with E-state index in [1.807, 2.05) is 0 Å². The number of carbonyl (C=O) groups excluding carboxylic acids is 1. The molecular formula is C19H28O. The summed E-state index contributed by atoms with van der Waals surface area (Å²) in [6.07, 6.45) is 5.32. The summed E-state index contributed by atoms with van der Waals surface area (Å²) in [7, 11) is 0. The second kappa shape index (κ2) is 6.11. The molecular weight excluding hydrogens is 244 g/mol. The highest BCUT2D eigenvalue weighted by atomic mass is 16.1. The fraction of sp³-hybridized carbons (Fsp3) is 0.632. The van der Waals surface area contributed by atoms with E-state index in [-0.39, 0.29) is 5.41 Å². The minimum atomic E-state index is 0.183. The van der Waals surface area contributed by atoms with Crippen molar-refractivity contribution in [3.8, 4) is 0 Å². The standard InChI is InChI=1S/C19H28O/c1-5-14-6-9-16(12-14)18(20)13-15-7-10-17(11-8-15)19(2,3)4/h7-8,10-11,14,16H,5-6,9,12-13H2,1-4H3. The topological polar surface area (TPSA) is 17.1 Å². The van der Waals surface area contributed by atoms with Gasteiger partial charge in [-0.2, -0.15) is 0 Å². The summed E-state index contributed by atoms with van der Waals surface area (Å²) in [5.74, 6) is 1.55. The van der Waals surface area contributed by atoms with Crippen LogP contribution in [0.1, 0.15) is 64.5 Å². The molecule has 110 valence electrons. The molecule has 1 aliphatic rings. The van der Waals surface area contributed by atoms with Gasteiger partial charge in [0, 0.05) is 12.3 Å². The van der Waals surface area contributed by atoms with Crippen LogP contribution in [-0.2, 0) is 16.6 Å². The number of rotatable bonds is 4. The molecule has 1 heteroatoms. The summed E-state index contributed by atoms with van der Waals surface area (Å²) in [4.78, 5) is 12.4. The number of hydrogen-bond acceptors (Lipinski definition) is 1. The Kier molecular flexibility index (Phi) is 4.67. The molecule has 0 aromatic heterocycles. The number of Topliss-reactive ketones (excluding diaryl/α,β-unsaturated/α-hetero) is 1. The Morgan fingerprint density at radius 1 is 1.15 bits per heavy atom. The van der Waals surface area contributed by atoms with Crippen molar-refractivity contribution in [1.29, 1.82) is 0 Å². The Bertz CT molecular complexity index is 450. The molecule has 0 heterocycles. The quantitative estimate of drug-likeness (QED) is 0.760. The molecule has 0 saturated heterocycles. The Morgan fingerprint density at radius 3 is 2.30 bits per heavy atom. The molecule has 0 aliphatic heterocycles. The highest BCUT2D eigenvalue weighted by Crippen LogP contribution is 2.34. The maximum atomic E-state index is 12.4. The van der Waals surface area contributed by atoms with Gasteiger partial charge in [-0.05, 0) is 41.7 Å². The Hall–Kier alpha value is -1.11. The van der Waals surface area contributed by atoms with Crippen LogP contribution >= 0.6 is 0 Å². The predicted octanol–water partition coefficient (Wildman–Crippen LogP) is 4.92. The molecule has 1 nitrogen and oxygen atoms in total. The fourth-order valence-corrected chi connectivity index (χ4v) is 3.21. The van der Waals surface area contributed by atoms with E-state index in [1.165, 1.54) is 24.0 Å². The third kappa shape index (κ3) is 3.71. The van der Waals surface area contributed by atoms with Crippen LogP contribution in [0.2, 0.25) is 0 Å². The van der Waals surface area contributed by atoms with E-state index >= 15 is 0 Å². The van der Waals surface area contributed by atoms with Crippen LogP contribution in [0.4, 0.5) is 0 Å². The van der Waals surface area contributed by atoms with Gasteiger partial charge in [0.15, 0.2) is 0 Å². The summed E-state index contributed by atoms with van der Waals surface area (Å²) in [6, 6.07) is 8.60. The van der Waals surface area contributed by atoms with E-state index in [0.717, 1.165) is 18.8 Å². The van der Waals surface area contributed by atoms with Crippen molar-refractivity contribution in [2.75, 3.05) is 0 Å². The van der Waals surface area contributed by atoms with Gasteiger partial charge in [0.25, 0.3) is 0 Å². The lowest BCUT2D eigenvalue weighted by molar-refractivity contribution is -0.122. The summed E-state index contributed by atoms with van der Waals surface area (Å²) in [6.45, 7) is 8.90. The fourth-order valence-electron chi connectivity index (χ4n) is 3.21. The van der Waals surface area contributed by atoms with Crippen molar-refractivity contribution in [3.63, 3.8) is 0 Å². The van der Waals surface area contributed by atoms with E-state index < -0.39 is 0 Å². The van der Waals surface area contributed by atoms with Gasteiger partial charge < -0.3 is 0 Å². The summed E-state index contributed by atoms with van der Waals surface area (Å²) in [5, 5.41) is 0. The second-order valence-electron chi connectivity index (χ2n) is 7.37. The van der Waals surface area contributed by atoms with Gasteiger partial charge in [0.1, 0.15) is 5.78 Å². The Labute approximate surface area is 123 Å². The first-order valence-corrected chi connectivity index (χ1v) is 8.02. The van der Waals surface area contributed by atoms with Crippen molar-refractivity contribution in [2.24, 2.45) is 11.8 Å². The normalized spacial score (nSPS) is 23.0. The van der Waals surface area contributed by atoms with Gasteiger partial charge in [0.2, 0.25) is 0 Å². The molecule has 2 rings (SSSR count). The molecule has 0 amide bonds. The van der Waals surface area contributed by atoms with Gasteiger partial charge in [0.05, 0.1) is 0 Å². The molecule has 1 aliphatic carbocycles. The van der Waals surface area contributed by atoms with E-state index in [2.05, 4.69) is 52.0 Å². The average Bonchev–Trinajstić information content (AvgIpc) is 2.87. The maximum absolute atomic E-state index is 12.4. The van der Waals surface area contributed by atoms with Gasteiger partial charge in [-0.1, -0.05) is 58.4 Å². The second-order valence-corrected chi connectivity index (χ2v) is 7.37. The van der Waals surface area contributed by atoms with Crippen LogP contribution in [0, 0.1) is 11.8 Å². The maximum Gasteiger partial charge on any atom is 0.140 e. The summed E-state index contributed by atoms with van der Waals surface area (Å²) < 4.78 is 0. The molecule has 20 heavy (non-hydrogen) atoms. The molecule has 0 spiro atoms. The minimum Gasteiger partial charge on any atom is -0.299 e. The Morgan fingerprint density at radius 2 is 1.80 bits per heavy atom. The largest absolute Gasteiger partial charge is 0.299 e. The predicted molar refractivity (Wildman–Crippen MR) is 85.0 cm³/mol. The van der Waals surface area contributed by atoms with Crippen LogP contribution in [0.15, 0.2) is 24.3 Å². The third-order valence-electron chi connectivity index (χ3n) is 4.77. The van der Waals surface area contributed by atoms with Crippen molar-refractivity contribution >= 4 is 5.78 Å². The molecule has 1 aromatic rings. The molecule has 0 bridgehead atoms. The highest BCUT2D eigenvalue weighted by Gasteiger charge is 2.28. The first kappa shape index (κ1) is 15.3. The van der Waals surface area contributed by atoms with E-state index in [0.29, 0.717) is 18.1 Å². The van der Waals surface area contributed by atoms with Gasteiger partial charge in [-0.15, -0.1) is 0 Å². The molecule has 1 fully saturated rings. The van der Waals surface area contributed by atoms with Crippen molar-refractivity contribution in [1.82, 2.24) is 0 Å². The molecule has 2 atom stereocenters. The van der Waals surface area contributed by atoms with Gasteiger partial charge in [-0.25, -0.2) is 0 Å². The summed E-state index contributed by atoms with van der Waals surface area (Å²) >= 11 is 0. The van der Waals surface area contributed by atoms with Crippen LogP contribution < -0.4 is 0 Å². The van der Waals surface area contributed by atoms with Gasteiger partial charge in [-0.3, -0.25) is 4.79 Å². The molecule has 1 aromatic carbocycles. The van der Waals surface area contributed by atoms with E-state index in [4.69, 9.17) is 0 Å². The summed E-state index contributed by atoms with van der Waals surface area (Å²) in [5.41, 5.74) is 2.69. The zero-order valence-corrected chi connectivity index (χ0v) is 13.4. The zero-order chi connectivity index (χ0) is 14.8. The van der Waals surface area contributed by atoms with Crippen LogP contribution in [0.3, 0.4) is 0 Å². The molecule has 0 N–H and O–H groups in total. The SMILES string of the molecule is CCC1CCC(C(=O)Cc2ccc(C(C)(C)C)cc2)C1. The average molecular weight is 272 g/mol. The monoisotopic (exact) mass is 272 g/mol. The van der Waals surface area contributed by atoms with Crippen LogP contribution in [0.25, 0.3) is 0 Å². The third-order valence-corrected chi connectivity index (χ3v) is 4.77. The number of ketones is 1. The van der Waals surface area contributed by atoms with E-state index in [9.17, 15) is 4.79 Å². The minimum absolute atomic E-state index is 0.183. The van der Waals surface area contributed by atoms with E-state index in [1.54, 1.807) is 0 Å². The molecule has 2 unspecified atom stereocenters. The van der Waals surface area contributed by atoms with Gasteiger partial charge >= 0.3 is 0 Å². The van der Waals surface area contributed by atoms with Crippen molar-refractivity contribution < 1.29 is 4.79 Å². The lowest BCUT2D eigenvalue weighted by Crippen LogP contribution is -2.15. The zero-order valence-electron chi connectivity index (χ0n) is 13.4. The van der Waals surface area contributed by atoms with Crippen LogP contribution in [-0.4, -0.2) is 5.78 Å².